The van der Waals surface area contributed by atoms with Crippen LogP contribution in [0.15, 0.2) is 54.3 Å². The van der Waals surface area contributed by atoms with Gasteiger partial charge in [0.2, 0.25) is 0 Å². The van der Waals surface area contributed by atoms with E-state index in [1.165, 1.54) is 12.3 Å². The van der Waals surface area contributed by atoms with E-state index in [1.807, 2.05) is 30.3 Å². The molecule has 0 radical (unpaired) electrons. The Morgan fingerprint density at radius 1 is 1.18 bits per heavy atom. The molecule has 5 heteroatoms. The highest BCUT2D eigenvalue weighted by atomic mass is 32.2. The highest BCUT2D eigenvalue weighted by Crippen LogP contribution is 2.09. The van der Waals surface area contributed by atoms with Crippen LogP contribution in [0.1, 0.15) is 5.56 Å². The Balaban J connectivity index is 2.27. The Hall–Kier alpha value is -1.69. The zero-order valence-corrected chi connectivity index (χ0v) is 9.78. The molecule has 1 heterocycles. The Labute approximate surface area is 101 Å². The van der Waals surface area contributed by atoms with Gasteiger partial charge in [0.25, 0.3) is 15.3 Å². The number of nitrogens with one attached hydrogen (secondary N) is 1. The molecule has 1 unspecified atom stereocenters. The maximum absolute atomic E-state index is 11.3. The summed E-state index contributed by atoms with van der Waals surface area (Å²) < 4.78 is 21.7. The Kier molecular flexibility index (Phi) is 3.53. The third-order valence-electron chi connectivity index (χ3n) is 2.44. The van der Waals surface area contributed by atoms with Crippen molar-refractivity contribution >= 4 is 15.3 Å². The first-order valence-electron chi connectivity index (χ1n) is 5.10. The van der Waals surface area contributed by atoms with Crippen LogP contribution < -0.4 is 5.06 Å². The fourth-order valence-electron chi connectivity index (χ4n) is 1.62. The van der Waals surface area contributed by atoms with Crippen molar-refractivity contribution in [2.24, 2.45) is 0 Å². The topological polar surface area (TPSA) is 61.6 Å². The first-order valence-corrected chi connectivity index (χ1v) is 6.17. The van der Waals surface area contributed by atoms with E-state index in [9.17, 15) is 13.6 Å². The summed E-state index contributed by atoms with van der Waals surface area (Å²) in [7, 11) is -2.47. The molecule has 1 atom stereocenters. The number of benzene rings is 1. The highest BCUT2D eigenvalue weighted by Gasteiger charge is 2.12. The van der Waals surface area contributed by atoms with Crippen molar-refractivity contribution in [3.05, 3.63) is 65.0 Å². The maximum atomic E-state index is 11.3. The van der Waals surface area contributed by atoms with Crippen LogP contribution in [0.2, 0.25) is 0 Å². The SMILES string of the molecule is O=S(=O)=C1C=C(Cc2ccccc2)C=C[NH+]1[O-]. The van der Waals surface area contributed by atoms with E-state index in [0.29, 0.717) is 6.42 Å². The number of quaternary nitrogens is 1. The van der Waals surface area contributed by atoms with Crippen LogP contribution in [0.3, 0.4) is 0 Å². The van der Waals surface area contributed by atoms with Crippen LogP contribution in [0.5, 0.6) is 0 Å². The molecule has 4 nitrogen and oxygen atoms in total. The predicted octanol–water partition coefficient (Wildman–Crippen LogP) is 0.0745. The van der Waals surface area contributed by atoms with E-state index < -0.39 is 15.4 Å². The van der Waals surface area contributed by atoms with Gasteiger partial charge in [-0.3, -0.25) is 0 Å². The molecule has 0 saturated heterocycles. The number of hydrogen-bond acceptors (Lipinski definition) is 3. The molecular weight excluding hydrogens is 238 g/mol. The molecule has 88 valence electrons. The zero-order chi connectivity index (χ0) is 12.3. The summed E-state index contributed by atoms with van der Waals surface area (Å²) >= 11 is 0. The monoisotopic (exact) mass is 249 g/mol. The van der Waals surface area contributed by atoms with E-state index in [0.717, 1.165) is 11.1 Å². The van der Waals surface area contributed by atoms with Crippen molar-refractivity contribution in [1.82, 2.24) is 0 Å². The average molecular weight is 249 g/mol. The van der Waals surface area contributed by atoms with Gasteiger partial charge in [-0.15, -0.1) is 0 Å². The molecule has 0 bridgehead atoms. The smallest absolute Gasteiger partial charge is 0.276 e. The van der Waals surface area contributed by atoms with Crippen LogP contribution in [0, 0.1) is 5.21 Å². The minimum atomic E-state index is -2.47. The number of hydrogen-bond donors (Lipinski definition) is 1. The van der Waals surface area contributed by atoms with Crippen LogP contribution in [-0.2, 0) is 16.7 Å². The number of rotatable bonds is 2. The average Bonchev–Trinajstić information content (AvgIpc) is 2.32. The molecule has 0 saturated carbocycles. The van der Waals surface area contributed by atoms with E-state index in [1.54, 1.807) is 6.08 Å². The normalized spacial score (nSPS) is 19.0. The quantitative estimate of drug-likeness (QED) is 0.596. The second-order valence-electron chi connectivity index (χ2n) is 3.68. The fraction of sp³-hybridized carbons (Fsp3) is 0.0833. The molecule has 1 aliphatic heterocycles. The van der Waals surface area contributed by atoms with Gasteiger partial charge in [-0.25, -0.2) is 0 Å². The van der Waals surface area contributed by atoms with Gasteiger partial charge in [0, 0.05) is 6.08 Å². The molecule has 1 N–H and O–H groups in total. The molecule has 2 rings (SSSR count). The van der Waals surface area contributed by atoms with Crippen molar-refractivity contribution in [2.75, 3.05) is 0 Å². The lowest BCUT2D eigenvalue weighted by atomic mass is 10.0. The molecule has 0 fully saturated rings. The van der Waals surface area contributed by atoms with Gasteiger partial charge in [0.15, 0.2) is 0 Å². The highest BCUT2D eigenvalue weighted by molar-refractivity contribution is 7.72. The third-order valence-corrected chi connectivity index (χ3v) is 3.12. The third kappa shape index (κ3) is 2.91. The lowest BCUT2D eigenvalue weighted by molar-refractivity contribution is -0.680. The summed E-state index contributed by atoms with van der Waals surface area (Å²) in [6, 6.07) is 9.67. The molecule has 1 aromatic carbocycles. The molecule has 0 spiro atoms. The first kappa shape index (κ1) is 11.8. The lowest BCUT2D eigenvalue weighted by Crippen LogP contribution is -3.05. The minimum Gasteiger partial charge on any atom is -0.623 e. The van der Waals surface area contributed by atoms with Crippen molar-refractivity contribution < 1.29 is 13.5 Å². The van der Waals surface area contributed by atoms with Crippen molar-refractivity contribution in [1.29, 1.82) is 0 Å². The molecule has 0 amide bonds. The first-order chi connectivity index (χ1) is 8.16. The Bertz CT molecular complexity index is 592. The van der Waals surface area contributed by atoms with Gasteiger partial charge < -0.3 is 10.3 Å². The zero-order valence-electron chi connectivity index (χ0n) is 8.96. The van der Waals surface area contributed by atoms with Gasteiger partial charge in [-0.05, 0) is 23.6 Å². The van der Waals surface area contributed by atoms with Crippen molar-refractivity contribution in [3.8, 4) is 0 Å². The van der Waals surface area contributed by atoms with Gasteiger partial charge in [-0.2, -0.15) is 8.42 Å². The maximum Gasteiger partial charge on any atom is 0.276 e. The van der Waals surface area contributed by atoms with Gasteiger partial charge in [0.05, 0.1) is 0 Å². The van der Waals surface area contributed by atoms with E-state index in [-0.39, 0.29) is 4.99 Å². The molecule has 17 heavy (non-hydrogen) atoms. The summed E-state index contributed by atoms with van der Waals surface area (Å²) in [5.41, 5.74) is 1.89. The summed E-state index contributed by atoms with van der Waals surface area (Å²) in [5.74, 6) is 0. The molecule has 0 aromatic heterocycles. The minimum absolute atomic E-state index is 0.168. The predicted molar refractivity (Wildman–Crippen MR) is 65.6 cm³/mol. The van der Waals surface area contributed by atoms with Gasteiger partial charge in [0.1, 0.15) is 6.20 Å². The van der Waals surface area contributed by atoms with Crippen LogP contribution in [-0.4, -0.2) is 13.4 Å². The molecular formula is C12H11NO3S. The Morgan fingerprint density at radius 2 is 1.88 bits per heavy atom. The van der Waals surface area contributed by atoms with Gasteiger partial charge in [-0.1, -0.05) is 30.3 Å². The van der Waals surface area contributed by atoms with Crippen LogP contribution in [0.4, 0.5) is 0 Å². The lowest BCUT2D eigenvalue weighted by Gasteiger charge is -2.18. The standard InChI is InChI=1S/C12H11NO3S/c14-13-7-6-11(9-12(13)17(15)16)8-10-4-2-1-3-5-10/h1-7,9,13H,8H2. The Morgan fingerprint density at radius 3 is 2.53 bits per heavy atom. The molecule has 1 aromatic rings. The van der Waals surface area contributed by atoms with E-state index in [4.69, 9.17) is 0 Å². The molecule has 0 aliphatic carbocycles. The second kappa shape index (κ2) is 5.09. The van der Waals surface area contributed by atoms with E-state index >= 15 is 0 Å². The number of allylic oxidation sites excluding steroid dienone is 2. The fourth-order valence-corrected chi connectivity index (χ4v) is 2.10. The molecule has 1 aliphatic rings. The van der Waals surface area contributed by atoms with Crippen molar-refractivity contribution in [3.63, 3.8) is 0 Å². The van der Waals surface area contributed by atoms with Crippen LogP contribution in [0.25, 0.3) is 0 Å². The summed E-state index contributed by atoms with van der Waals surface area (Å²) in [4.78, 5) is -0.168. The van der Waals surface area contributed by atoms with E-state index in [2.05, 4.69) is 0 Å². The van der Waals surface area contributed by atoms with Crippen molar-refractivity contribution in [2.45, 2.75) is 6.42 Å². The number of hydroxylamine groups is 2. The summed E-state index contributed by atoms with van der Waals surface area (Å²) in [6.07, 6.45) is 5.00. The largest absolute Gasteiger partial charge is 0.623 e. The van der Waals surface area contributed by atoms with Crippen LogP contribution >= 0.6 is 0 Å². The summed E-state index contributed by atoms with van der Waals surface area (Å²) in [5, 5.41) is 10.8. The van der Waals surface area contributed by atoms with Gasteiger partial charge >= 0.3 is 0 Å². The summed E-state index contributed by atoms with van der Waals surface area (Å²) in [6.45, 7) is 0. The second-order valence-corrected chi connectivity index (χ2v) is 4.59.